The summed E-state index contributed by atoms with van der Waals surface area (Å²) in [6.45, 7) is 0.802. The molecule has 2 fully saturated rings. The standard InChI is InChI=1S/C27H22Cl3N3O4/c28-17-9-7-16(19(29)13-17)14-37-23-10-8-15(12-20(23)30)24-22-6-3-11-32(22)27(25(24)33(35)36)18-4-1-2-5-21(18)31-26(27)34/h1-2,4-5,7-10,12-13,22,24-25H,3,6,11,14H2,(H,31,34)/t22-,24-,25-,27+/m1/s1. The molecule has 0 saturated carbocycles. The lowest BCUT2D eigenvalue weighted by atomic mass is 9.77. The fourth-order valence-corrected chi connectivity index (χ4v) is 7.12. The summed E-state index contributed by atoms with van der Waals surface area (Å²) in [4.78, 5) is 28.0. The molecule has 10 heteroatoms. The van der Waals surface area contributed by atoms with Crippen LogP contribution in [0.4, 0.5) is 5.69 Å². The Bertz CT molecular complexity index is 1430. The highest BCUT2D eigenvalue weighted by Crippen LogP contribution is 2.58. The second-order valence-electron chi connectivity index (χ2n) is 9.64. The molecule has 4 atom stereocenters. The van der Waals surface area contributed by atoms with E-state index in [0.29, 0.717) is 38.6 Å². The molecule has 2 saturated heterocycles. The highest BCUT2D eigenvalue weighted by Gasteiger charge is 2.73. The molecule has 0 aromatic heterocycles. The van der Waals surface area contributed by atoms with Crippen molar-refractivity contribution < 1.29 is 14.5 Å². The molecule has 3 aliphatic heterocycles. The number of carbonyl (C=O) groups is 1. The molecular formula is C27H22Cl3N3O4. The van der Waals surface area contributed by atoms with Crippen molar-refractivity contribution in [3.8, 4) is 5.75 Å². The zero-order chi connectivity index (χ0) is 25.9. The molecule has 1 spiro atoms. The Hall–Kier alpha value is -2.84. The van der Waals surface area contributed by atoms with Crippen LogP contribution in [0.3, 0.4) is 0 Å². The number of nitro groups is 1. The van der Waals surface area contributed by atoms with Crippen molar-refractivity contribution in [3.05, 3.63) is 103 Å². The van der Waals surface area contributed by atoms with Gasteiger partial charge in [0.1, 0.15) is 12.4 Å². The van der Waals surface area contributed by atoms with Crippen LogP contribution < -0.4 is 10.1 Å². The SMILES string of the molecule is O=C1Nc2ccccc2[C@]12[C@H]([N+](=O)[O-])[C@H](c1ccc(OCc3ccc(Cl)cc3Cl)c(Cl)c1)[C@H]1CCCN12. The van der Waals surface area contributed by atoms with Gasteiger partial charge in [0, 0.05) is 44.4 Å². The van der Waals surface area contributed by atoms with E-state index >= 15 is 0 Å². The van der Waals surface area contributed by atoms with Gasteiger partial charge in [-0.15, -0.1) is 0 Å². The molecule has 190 valence electrons. The van der Waals surface area contributed by atoms with Crippen LogP contribution in [-0.2, 0) is 16.9 Å². The fraction of sp³-hybridized carbons (Fsp3) is 0.296. The average Bonchev–Trinajstić information content (AvgIpc) is 3.52. The van der Waals surface area contributed by atoms with E-state index in [1.165, 1.54) is 0 Å². The summed E-state index contributed by atoms with van der Waals surface area (Å²) in [5, 5.41) is 17.0. The van der Waals surface area contributed by atoms with Gasteiger partial charge >= 0.3 is 0 Å². The number of carbonyl (C=O) groups excluding carboxylic acids is 1. The van der Waals surface area contributed by atoms with Crippen LogP contribution >= 0.6 is 34.8 Å². The molecular weight excluding hydrogens is 537 g/mol. The third kappa shape index (κ3) is 3.71. The molecule has 1 amide bonds. The Labute approximate surface area is 228 Å². The lowest BCUT2D eigenvalue weighted by molar-refractivity contribution is -0.534. The number of rotatable bonds is 5. The van der Waals surface area contributed by atoms with Crippen LogP contribution in [0.2, 0.25) is 15.1 Å². The molecule has 3 aromatic carbocycles. The van der Waals surface area contributed by atoms with E-state index in [1.807, 2.05) is 29.2 Å². The minimum Gasteiger partial charge on any atom is -0.487 e. The zero-order valence-corrected chi connectivity index (χ0v) is 21.8. The lowest BCUT2D eigenvalue weighted by Gasteiger charge is -2.32. The fourth-order valence-electron chi connectivity index (χ4n) is 6.41. The molecule has 3 heterocycles. The number of nitrogens with one attached hydrogen (secondary N) is 1. The number of anilines is 1. The highest BCUT2D eigenvalue weighted by atomic mass is 35.5. The first-order valence-corrected chi connectivity index (χ1v) is 13.1. The molecule has 0 bridgehead atoms. The van der Waals surface area contributed by atoms with Crippen LogP contribution in [0, 0.1) is 10.1 Å². The number of fused-ring (bicyclic) bond motifs is 4. The van der Waals surface area contributed by atoms with Crippen LogP contribution in [-0.4, -0.2) is 34.4 Å². The van der Waals surface area contributed by atoms with Crippen LogP contribution in [0.1, 0.15) is 35.4 Å². The Balaban J connectivity index is 1.37. The smallest absolute Gasteiger partial charge is 0.256 e. The summed E-state index contributed by atoms with van der Waals surface area (Å²) in [7, 11) is 0. The van der Waals surface area contributed by atoms with Gasteiger partial charge in [-0.2, -0.15) is 0 Å². The van der Waals surface area contributed by atoms with Crippen molar-refractivity contribution in [3.63, 3.8) is 0 Å². The van der Waals surface area contributed by atoms with Crippen molar-refractivity contribution in [2.24, 2.45) is 0 Å². The summed E-state index contributed by atoms with van der Waals surface area (Å²) in [6.07, 6.45) is 1.62. The van der Waals surface area contributed by atoms with Crippen LogP contribution in [0.15, 0.2) is 60.7 Å². The van der Waals surface area contributed by atoms with Crippen molar-refractivity contribution in [1.82, 2.24) is 4.90 Å². The molecule has 1 N–H and O–H groups in total. The molecule has 6 rings (SSSR count). The zero-order valence-electron chi connectivity index (χ0n) is 19.5. The summed E-state index contributed by atoms with van der Waals surface area (Å²) >= 11 is 18.9. The molecule has 3 aliphatic rings. The number of hydrogen-bond acceptors (Lipinski definition) is 5. The number of hydrogen-bond donors (Lipinski definition) is 1. The predicted octanol–water partition coefficient (Wildman–Crippen LogP) is 6.28. The Morgan fingerprint density at radius 1 is 1.08 bits per heavy atom. The summed E-state index contributed by atoms with van der Waals surface area (Å²) in [5.41, 5.74) is 1.41. The minimum atomic E-state index is -1.36. The van der Waals surface area contributed by atoms with Crippen LogP contribution in [0.5, 0.6) is 5.75 Å². The van der Waals surface area contributed by atoms with Gasteiger partial charge in [0.2, 0.25) is 0 Å². The minimum absolute atomic E-state index is 0.164. The summed E-state index contributed by atoms with van der Waals surface area (Å²) < 4.78 is 5.91. The number of benzene rings is 3. The second-order valence-corrected chi connectivity index (χ2v) is 10.9. The predicted molar refractivity (Wildman–Crippen MR) is 142 cm³/mol. The summed E-state index contributed by atoms with van der Waals surface area (Å²) in [6, 6.07) is 16.4. The van der Waals surface area contributed by atoms with Gasteiger partial charge in [0.15, 0.2) is 5.54 Å². The van der Waals surface area contributed by atoms with Gasteiger partial charge in [-0.25, -0.2) is 0 Å². The lowest BCUT2D eigenvalue weighted by Crippen LogP contribution is -2.55. The number of halogens is 3. The Morgan fingerprint density at radius 2 is 1.89 bits per heavy atom. The van der Waals surface area contributed by atoms with Gasteiger partial charge in [-0.3, -0.25) is 19.8 Å². The quantitative estimate of drug-likeness (QED) is 0.294. The average molecular weight is 559 g/mol. The maximum Gasteiger partial charge on any atom is 0.256 e. The topological polar surface area (TPSA) is 84.7 Å². The molecule has 0 unspecified atom stereocenters. The first-order chi connectivity index (χ1) is 17.8. The van der Waals surface area contributed by atoms with E-state index < -0.39 is 17.5 Å². The van der Waals surface area contributed by atoms with E-state index in [4.69, 9.17) is 39.5 Å². The van der Waals surface area contributed by atoms with Crippen molar-refractivity contribution in [2.75, 3.05) is 11.9 Å². The van der Waals surface area contributed by atoms with Crippen molar-refractivity contribution in [1.29, 1.82) is 0 Å². The number of nitrogens with zero attached hydrogens (tertiary/aromatic N) is 2. The molecule has 7 nitrogen and oxygen atoms in total. The van der Waals surface area contributed by atoms with Gasteiger partial charge in [0.05, 0.1) is 10.9 Å². The maximum absolute atomic E-state index is 13.6. The number of ether oxygens (including phenoxy) is 1. The number of amides is 1. The third-order valence-corrected chi connectivity index (χ3v) is 8.72. The van der Waals surface area contributed by atoms with Gasteiger partial charge in [0.25, 0.3) is 11.9 Å². The van der Waals surface area contributed by atoms with Crippen LogP contribution in [0.25, 0.3) is 0 Å². The van der Waals surface area contributed by atoms with Gasteiger partial charge < -0.3 is 10.1 Å². The summed E-state index contributed by atoms with van der Waals surface area (Å²) in [5.74, 6) is -0.420. The van der Waals surface area contributed by atoms with Gasteiger partial charge in [-0.05, 0) is 48.7 Å². The second kappa shape index (κ2) is 9.17. The van der Waals surface area contributed by atoms with Crippen molar-refractivity contribution >= 4 is 46.4 Å². The Kier molecular flexibility index (Phi) is 6.07. The first-order valence-electron chi connectivity index (χ1n) is 12.0. The highest BCUT2D eigenvalue weighted by molar-refractivity contribution is 6.35. The van der Waals surface area contributed by atoms with Gasteiger partial charge in [-0.1, -0.05) is 65.1 Å². The largest absolute Gasteiger partial charge is 0.487 e. The van der Waals surface area contributed by atoms with E-state index in [0.717, 1.165) is 24.0 Å². The molecule has 0 radical (unpaired) electrons. The maximum atomic E-state index is 13.6. The van der Waals surface area contributed by atoms with Crippen molar-refractivity contribution in [2.45, 2.75) is 43.0 Å². The third-order valence-electron chi connectivity index (χ3n) is 7.83. The van der Waals surface area contributed by atoms with E-state index in [-0.39, 0.29) is 23.5 Å². The number of para-hydroxylation sites is 1. The van der Waals surface area contributed by atoms with E-state index in [1.54, 1.807) is 36.4 Å². The molecule has 3 aromatic rings. The van der Waals surface area contributed by atoms with E-state index in [9.17, 15) is 14.9 Å². The van der Waals surface area contributed by atoms with E-state index in [2.05, 4.69) is 5.32 Å². The normalized spacial score (nSPS) is 26.2. The molecule has 0 aliphatic carbocycles. The molecule has 37 heavy (non-hydrogen) atoms. The first kappa shape index (κ1) is 24.5. The Morgan fingerprint density at radius 3 is 2.65 bits per heavy atom. The monoisotopic (exact) mass is 557 g/mol.